The molecule has 3 aliphatic rings. The molecule has 0 aliphatic carbocycles. The van der Waals surface area contributed by atoms with E-state index >= 15 is 0 Å². The number of carbonyl (C=O) groups excluding carboxylic acids is 1. The summed E-state index contributed by atoms with van der Waals surface area (Å²) in [6, 6.07) is 2.66. The van der Waals surface area contributed by atoms with Gasteiger partial charge in [0.1, 0.15) is 5.69 Å². The van der Waals surface area contributed by atoms with Crippen molar-refractivity contribution < 1.29 is 22.7 Å². The highest BCUT2D eigenvalue weighted by Gasteiger charge is 2.46. The number of pyridine rings is 1. The maximum Gasteiger partial charge on any atom is 0.433 e. The van der Waals surface area contributed by atoms with Crippen molar-refractivity contribution in [1.29, 1.82) is 0 Å². The van der Waals surface area contributed by atoms with Crippen molar-refractivity contribution in [3.05, 3.63) is 29.6 Å². The second-order valence-electron chi connectivity index (χ2n) is 7.83. The number of likely N-dealkylation sites (tertiary alicyclic amines) is 2. The predicted molar refractivity (Wildman–Crippen MR) is 92.3 cm³/mol. The quantitative estimate of drug-likeness (QED) is 0.788. The molecule has 1 spiro atoms. The molecule has 0 aromatic carbocycles. The van der Waals surface area contributed by atoms with Gasteiger partial charge in [-0.05, 0) is 57.3 Å². The van der Waals surface area contributed by atoms with Crippen molar-refractivity contribution >= 4 is 5.91 Å². The van der Waals surface area contributed by atoms with Crippen LogP contribution >= 0.6 is 0 Å². The molecule has 1 amide bonds. The number of amides is 1. The first-order chi connectivity index (χ1) is 12.9. The number of aromatic nitrogens is 1. The molecule has 3 fully saturated rings. The van der Waals surface area contributed by atoms with Gasteiger partial charge in [0.25, 0.3) is 5.91 Å². The van der Waals surface area contributed by atoms with E-state index in [1.54, 1.807) is 4.90 Å². The fourth-order valence-electron chi connectivity index (χ4n) is 4.62. The first-order valence-corrected chi connectivity index (χ1v) is 9.57. The summed E-state index contributed by atoms with van der Waals surface area (Å²) >= 11 is 0. The summed E-state index contributed by atoms with van der Waals surface area (Å²) in [5.41, 5.74) is -1.37. The summed E-state index contributed by atoms with van der Waals surface area (Å²) in [6.07, 6.45) is 1.59. The number of halogens is 3. The lowest BCUT2D eigenvalue weighted by Gasteiger charge is -2.41. The van der Waals surface area contributed by atoms with Crippen molar-refractivity contribution in [2.75, 3.05) is 32.8 Å². The van der Waals surface area contributed by atoms with Gasteiger partial charge in [-0.25, -0.2) is 0 Å². The Hall–Kier alpha value is -1.67. The fourth-order valence-corrected chi connectivity index (χ4v) is 4.62. The molecule has 5 nitrogen and oxygen atoms in total. The monoisotopic (exact) mass is 383 g/mol. The molecule has 0 N–H and O–H groups in total. The third-order valence-electron chi connectivity index (χ3n) is 6.02. The molecule has 8 heteroatoms. The molecule has 4 heterocycles. The summed E-state index contributed by atoms with van der Waals surface area (Å²) in [6.45, 7) is 3.88. The van der Waals surface area contributed by atoms with Gasteiger partial charge in [0, 0.05) is 31.0 Å². The van der Waals surface area contributed by atoms with Crippen molar-refractivity contribution in [3.63, 3.8) is 0 Å². The molecule has 0 radical (unpaired) electrons. The van der Waals surface area contributed by atoms with Crippen LogP contribution in [0.4, 0.5) is 13.2 Å². The van der Waals surface area contributed by atoms with Gasteiger partial charge in [0.2, 0.25) is 0 Å². The van der Waals surface area contributed by atoms with E-state index in [-0.39, 0.29) is 17.1 Å². The Kier molecular flexibility index (Phi) is 4.88. The molecule has 2 atom stereocenters. The summed E-state index contributed by atoms with van der Waals surface area (Å²) in [4.78, 5) is 20.2. The Morgan fingerprint density at radius 2 is 2.04 bits per heavy atom. The van der Waals surface area contributed by atoms with Gasteiger partial charge < -0.3 is 14.5 Å². The Labute approximate surface area is 156 Å². The van der Waals surface area contributed by atoms with Gasteiger partial charge in [-0.15, -0.1) is 0 Å². The SMILES string of the molecule is O=C(c1ccnc(C(F)(F)F)c1)N1CC[C@@]2(C[C@H](N3CCCC3)CCO2)C1. The Balaban J connectivity index is 1.45. The highest BCUT2D eigenvalue weighted by molar-refractivity contribution is 5.94. The maximum absolute atomic E-state index is 12.9. The van der Waals surface area contributed by atoms with Crippen LogP contribution in [0.15, 0.2) is 18.3 Å². The molecule has 0 unspecified atom stereocenters. The van der Waals surface area contributed by atoms with Gasteiger partial charge in [0.05, 0.1) is 12.1 Å². The van der Waals surface area contributed by atoms with Crippen LogP contribution in [0.2, 0.25) is 0 Å². The van der Waals surface area contributed by atoms with Crippen LogP contribution in [0.5, 0.6) is 0 Å². The van der Waals surface area contributed by atoms with E-state index in [0.717, 1.165) is 44.6 Å². The first kappa shape index (κ1) is 18.7. The third kappa shape index (κ3) is 3.82. The smallest absolute Gasteiger partial charge is 0.373 e. The molecular weight excluding hydrogens is 359 g/mol. The van der Waals surface area contributed by atoms with E-state index < -0.39 is 11.9 Å². The highest BCUT2D eigenvalue weighted by atomic mass is 19.4. The van der Waals surface area contributed by atoms with E-state index in [1.807, 2.05) is 0 Å². The van der Waals surface area contributed by atoms with E-state index in [1.165, 1.54) is 18.9 Å². The molecule has 4 rings (SSSR count). The van der Waals surface area contributed by atoms with Crippen molar-refractivity contribution in [1.82, 2.24) is 14.8 Å². The lowest BCUT2D eigenvalue weighted by atomic mass is 9.89. The van der Waals surface area contributed by atoms with E-state index in [2.05, 4.69) is 9.88 Å². The van der Waals surface area contributed by atoms with Crippen LogP contribution in [0, 0.1) is 0 Å². The number of nitrogens with zero attached hydrogens (tertiary/aromatic N) is 3. The first-order valence-electron chi connectivity index (χ1n) is 9.57. The van der Waals surface area contributed by atoms with Crippen molar-refractivity contribution in [2.45, 2.75) is 49.9 Å². The molecular formula is C19H24F3N3O2. The van der Waals surface area contributed by atoms with Crippen LogP contribution in [-0.2, 0) is 10.9 Å². The summed E-state index contributed by atoms with van der Waals surface area (Å²) in [5, 5.41) is 0. The Morgan fingerprint density at radius 1 is 1.26 bits per heavy atom. The fraction of sp³-hybridized carbons (Fsp3) is 0.684. The molecule has 27 heavy (non-hydrogen) atoms. The molecule has 1 aromatic heterocycles. The molecule has 148 valence electrons. The van der Waals surface area contributed by atoms with Crippen LogP contribution < -0.4 is 0 Å². The maximum atomic E-state index is 12.9. The van der Waals surface area contributed by atoms with Crippen LogP contribution in [0.1, 0.15) is 48.2 Å². The molecule has 3 aliphatic heterocycles. The van der Waals surface area contributed by atoms with Crippen molar-refractivity contribution in [3.8, 4) is 0 Å². The standard InChI is InChI=1S/C19H24F3N3O2/c20-19(21,22)16-11-14(3-6-23-16)17(26)25-9-5-18(13-25)12-15(4-10-27-18)24-7-1-2-8-24/h3,6,11,15H,1-2,4-5,7-10,12-13H2/t15-,18-/m1/s1. The van der Waals surface area contributed by atoms with Gasteiger partial charge in [-0.2, -0.15) is 13.2 Å². The van der Waals surface area contributed by atoms with E-state index in [9.17, 15) is 18.0 Å². The topological polar surface area (TPSA) is 45.7 Å². The lowest BCUT2D eigenvalue weighted by Crippen LogP contribution is -2.49. The second-order valence-corrected chi connectivity index (χ2v) is 7.83. The number of ether oxygens (including phenoxy) is 1. The zero-order chi connectivity index (χ0) is 19.1. The Morgan fingerprint density at radius 3 is 2.78 bits per heavy atom. The van der Waals surface area contributed by atoms with E-state index in [4.69, 9.17) is 4.74 Å². The number of alkyl halides is 3. The minimum atomic E-state index is -4.56. The largest absolute Gasteiger partial charge is 0.433 e. The number of hydrogen-bond donors (Lipinski definition) is 0. The molecule has 0 bridgehead atoms. The molecule has 3 saturated heterocycles. The summed E-state index contributed by atoms with van der Waals surface area (Å²) in [7, 11) is 0. The minimum absolute atomic E-state index is 0.0290. The van der Waals surface area contributed by atoms with Gasteiger partial charge in [-0.3, -0.25) is 9.78 Å². The number of hydrogen-bond acceptors (Lipinski definition) is 4. The van der Waals surface area contributed by atoms with Gasteiger partial charge in [0.15, 0.2) is 0 Å². The Bertz CT molecular complexity index is 706. The highest BCUT2D eigenvalue weighted by Crippen LogP contribution is 2.37. The van der Waals surface area contributed by atoms with Crippen molar-refractivity contribution in [2.24, 2.45) is 0 Å². The number of rotatable bonds is 2. The lowest BCUT2D eigenvalue weighted by molar-refractivity contribution is -0.141. The van der Waals surface area contributed by atoms with Crippen LogP contribution in [0.25, 0.3) is 0 Å². The zero-order valence-electron chi connectivity index (χ0n) is 15.2. The average molecular weight is 383 g/mol. The normalized spacial score (nSPS) is 29.6. The van der Waals surface area contributed by atoms with Crippen LogP contribution in [-0.4, -0.2) is 65.1 Å². The molecule has 1 aromatic rings. The second kappa shape index (κ2) is 7.05. The third-order valence-corrected chi connectivity index (χ3v) is 6.02. The van der Waals surface area contributed by atoms with Gasteiger partial charge in [-0.1, -0.05) is 0 Å². The molecule has 0 saturated carbocycles. The van der Waals surface area contributed by atoms with E-state index in [0.29, 0.717) is 25.7 Å². The summed E-state index contributed by atoms with van der Waals surface area (Å²) in [5.74, 6) is -0.383. The van der Waals surface area contributed by atoms with Crippen LogP contribution in [0.3, 0.4) is 0 Å². The average Bonchev–Trinajstić information content (AvgIpc) is 3.31. The summed E-state index contributed by atoms with van der Waals surface area (Å²) < 4.78 is 44.7. The zero-order valence-corrected chi connectivity index (χ0v) is 15.2. The number of carbonyl (C=O) groups is 1. The van der Waals surface area contributed by atoms with Gasteiger partial charge >= 0.3 is 6.18 Å². The minimum Gasteiger partial charge on any atom is -0.373 e. The predicted octanol–water partition coefficient (Wildman–Crippen LogP) is 2.96.